The minimum absolute atomic E-state index is 0.0725. The summed E-state index contributed by atoms with van der Waals surface area (Å²) in [5, 5.41) is 4.72. The number of benzene rings is 1. The summed E-state index contributed by atoms with van der Waals surface area (Å²) < 4.78 is 1.50. The van der Waals surface area contributed by atoms with E-state index in [1.54, 1.807) is 5.38 Å². The smallest absolute Gasteiger partial charge is 0.307 e. The van der Waals surface area contributed by atoms with Gasteiger partial charge in [-0.1, -0.05) is 42.5 Å². The highest BCUT2D eigenvalue weighted by Gasteiger charge is 2.16. The maximum absolute atomic E-state index is 12.2. The Morgan fingerprint density at radius 3 is 2.46 bits per heavy atom. The molecule has 0 radical (unpaired) electrons. The number of thiazole rings is 1. The fraction of sp³-hybridized carbons (Fsp3) is 0.444. The van der Waals surface area contributed by atoms with Gasteiger partial charge in [0.15, 0.2) is 0 Å². The molecule has 6 heteroatoms. The molecule has 5 nitrogen and oxygen atoms in total. The number of hydrogen-bond donors (Lipinski definition) is 1. The van der Waals surface area contributed by atoms with Crippen LogP contribution in [0.1, 0.15) is 29.8 Å². The molecule has 0 aliphatic heterocycles. The van der Waals surface area contributed by atoms with Crippen LogP contribution in [0.4, 0.5) is 0 Å². The molecule has 2 aromatic rings. The number of hydrogen-bond acceptors (Lipinski definition) is 4. The number of rotatable bonds is 7. The van der Waals surface area contributed by atoms with Gasteiger partial charge in [-0.05, 0) is 38.6 Å². The van der Waals surface area contributed by atoms with Crippen LogP contribution in [0.5, 0.6) is 0 Å². The second kappa shape index (κ2) is 8.26. The number of aryl methyl sites for hydroxylation is 2. The zero-order valence-corrected chi connectivity index (χ0v) is 15.5. The van der Waals surface area contributed by atoms with E-state index in [-0.39, 0.29) is 23.4 Å². The molecule has 1 unspecified atom stereocenters. The van der Waals surface area contributed by atoms with Crippen LogP contribution in [-0.2, 0) is 17.8 Å². The summed E-state index contributed by atoms with van der Waals surface area (Å²) in [6, 6.07) is 8.58. The Labute approximate surface area is 146 Å². The van der Waals surface area contributed by atoms with Crippen LogP contribution < -0.4 is 10.2 Å². The van der Waals surface area contributed by atoms with Gasteiger partial charge in [0.1, 0.15) is 6.54 Å². The van der Waals surface area contributed by atoms with Crippen molar-refractivity contribution in [3.8, 4) is 0 Å². The highest BCUT2D eigenvalue weighted by molar-refractivity contribution is 7.07. The molecular formula is C18H25N3O2S. The van der Waals surface area contributed by atoms with Crippen LogP contribution in [-0.4, -0.2) is 36.0 Å². The van der Waals surface area contributed by atoms with Crippen molar-refractivity contribution in [1.29, 1.82) is 0 Å². The molecular weight excluding hydrogens is 322 g/mol. The minimum atomic E-state index is -0.143. The lowest BCUT2D eigenvalue weighted by Gasteiger charge is -2.25. The number of carbonyl (C=O) groups is 1. The molecule has 130 valence electrons. The van der Waals surface area contributed by atoms with Gasteiger partial charge in [0.2, 0.25) is 5.91 Å². The van der Waals surface area contributed by atoms with E-state index in [0.29, 0.717) is 6.54 Å². The molecule has 24 heavy (non-hydrogen) atoms. The van der Waals surface area contributed by atoms with Gasteiger partial charge in [0, 0.05) is 17.6 Å². The Bertz CT molecular complexity index is 731. The second-order valence-electron chi connectivity index (χ2n) is 6.11. The van der Waals surface area contributed by atoms with Gasteiger partial charge in [0.25, 0.3) is 0 Å². The van der Waals surface area contributed by atoms with E-state index in [2.05, 4.69) is 41.4 Å². The number of carbonyl (C=O) groups excluding carboxylic acids is 1. The number of likely N-dealkylation sites (N-methyl/N-ethyl adjacent to an activating group) is 1. The Morgan fingerprint density at radius 1 is 1.29 bits per heavy atom. The summed E-state index contributed by atoms with van der Waals surface area (Å²) >= 11 is 1.12. The lowest BCUT2D eigenvalue weighted by atomic mass is 10.0. The van der Waals surface area contributed by atoms with Gasteiger partial charge in [-0.3, -0.25) is 14.2 Å². The summed E-state index contributed by atoms with van der Waals surface area (Å²) in [6.45, 7) is 4.55. The molecule has 1 aromatic heterocycles. The number of aromatic nitrogens is 1. The van der Waals surface area contributed by atoms with E-state index in [0.717, 1.165) is 23.5 Å². The van der Waals surface area contributed by atoms with Crippen molar-refractivity contribution < 1.29 is 4.79 Å². The number of nitrogens with zero attached hydrogens (tertiary/aromatic N) is 2. The topological polar surface area (TPSA) is 54.3 Å². The van der Waals surface area contributed by atoms with Gasteiger partial charge in [-0.2, -0.15) is 0 Å². The first-order valence-electron chi connectivity index (χ1n) is 8.09. The molecule has 0 aliphatic carbocycles. The van der Waals surface area contributed by atoms with Crippen molar-refractivity contribution in [3.63, 3.8) is 0 Å². The molecule has 0 fully saturated rings. The third kappa shape index (κ3) is 4.55. The van der Waals surface area contributed by atoms with Gasteiger partial charge in [-0.15, -0.1) is 0 Å². The van der Waals surface area contributed by atoms with Crippen LogP contribution in [0.25, 0.3) is 0 Å². The fourth-order valence-electron chi connectivity index (χ4n) is 2.58. The van der Waals surface area contributed by atoms with E-state index in [9.17, 15) is 9.59 Å². The third-order valence-electron chi connectivity index (χ3n) is 4.17. The quantitative estimate of drug-likeness (QED) is 0.835. The summed E-state index contributed by atoms with van der Waals surface area (Å²) in [5.41, 5.74) is 3.29. The first kappa shape index (κ1) is 18.4. The van der Waals surface area contributed by atoms with E-state index in [1.807, 2.05) is 21.0 Å². The largest absolute Gasteiger partial charge is 0.353 e. The van der Waals surface area contributed by atoms with Gasteiger partial charge >= 0.3 is 4.87 Å². The average Bonchev–Trinajstić information content (AvgIpc) is 2.87. The van der Waals surface area contributed by atoms with Crippen molar-refractivity contribution in [1.82, 2.24) is 14.8 Å². The van der Waals surface area contributed by atoms with Crippen LogP contribution in [0.15, 0.2) is 34.4 Å². The molecule has 0 bridgehead atoms. The SMILES string of the molecule is CCc1ccc(C(CNC(=O)Cn2c(C)csc2=O)N(C)C)cc1. The Morgan fingerprint density at radius 2 is 1.96 bits per heavy atom. The number of amides is 1. The zero-order chi connectivity index (χ0) is 17.7. The van der Waals surface area contributed by atoms with Crippen LogP contribution in [0.3, 0.4) is 0 Å². The lowest BCUT2D eigenvalue weighted by Crippen LogP contribution is -2.37. The predicted octanol–water partition coefficient (Wildman–Crippen LogP) is 2.20. The molecule has 1 amide bonds. The molecule has 0 aliphatic rings. The van der Waals surface area contributed by atoms with Crippen LogP contribution in [0.2, 0.25) is 0 Å². The van der Waals surface area contributed by atoms with Crippen LogP contribution in [0, 0.1) is 6.92 Å². The fourth-order valence-corrected chi connectivity index (χ4v) is 3.31. The maximum Gasteiger partial charge on any atom is 0.307 e. The minimum Gasteiger partial charge on any atom is -0.353 e. The highest BCUT2D eigenvalue weighted by Crippen LogP contribution is 2.18. The first-order valence-corrected chi connectivity index (χ1v) is 8.97. The second-order valence-corrected chi connectivity index (χ2v) is 6.93. The molecule has 1 heterocycles. The Kier molecular flexibility index (Phi) is 6.34. The van der Waals surface area contributed by atoms with Gasteiger partial charge in [-0.25, -0.2) is 0 Å². The molecule has 2 rings (SSSR count). The summed E-state index contributed by atoms with van der Waals surface area (Å²) in [5.74, 6) is -0.143. The van der Waals surface area contributed by atoms with Gasteiger partial charge in [0.05, 0.1) is 6.04 Å². The highest BCUT2D eigenvalue weighted by atomic mass is 32.1. The standard InChI is InChI=1S/C18H25N3O2S/c1-5-14-6-8-15(9-7-14)16(20(3)4)10-19-17(22)11-21-13(2)12-24-18(21)23/h6-9,12,16H,5,10-11H2,1-4H3,(H,19,22). The van der Waals surface area contributed by atoms with Crippen molar-refractivity contribution in [3.05, 3.63) is 56.1 Å². The molecule has 0 saturated heterocycles. The van der Waals surface area contributed by atoms with Gasteiger partial charge < -0.3 is 10.2 Å². The van der Waals surface area contributed by atoms with E-state index in [4.69, 9.17) is 0 Å². The summed E-state index contributed by atoms with van der Waals surface area (Å²) in [4.78, 5) is 25.9. The molecule has 1 atom stereocenters. The molecule has 0 spiro atoms. The van der Waals surface area contributed by atoms with E-state index < -0.39 is 0 Å². The monoisotopic (exact) mass is 347 g/mol. The molecule has 1 aromatic carbocycles. The number of nitrogens with one attached hydrogen (secondary N) is 1. The van der Waals surface area contributed by atoms with E-state index in [1.165, 1.54) is 15.7 Å². The molecule has 0 saturated carbocycles. The zero-order valence-electron chi connectivity index (χ0n) is 14.7. The van der Waals surface area contributed by atoms with Crippen molar-refractivity contribution in [2.24, 2.45) is 0 Å². The van der Waals surface area contributed by atoms with Crippen molar-refractivity contribution in [2.45, 2.75) is 32.9 Å². The third-order valence-corrected chi connectivity index (χ3v) is 5.05. The maximum atomic E-state index is 12.2. The Hall–Kier alpha value is -1.92. The summed E-state index contributed by atoms with van der Waals surface area (Å²) in [7, 11) is 4.00. The lowest BCUT2D eigenvalue weighted by molar-refractivity contribution is -0.121. The average molecular weight is 347 g/mol. The van der Waals surface area contributed by atoms with E-state index >= 15 is 0 Å². The predicted molar refractivity (Wildman–Crippen MR) is 98.6 cm³/mol. The van der Waals surface area contributed by atoms with Crippen molar-refractivity contribution in [2.75, 3.05) is 20.6 Å². The van der Waals surface area contributed by atoms with Crippen LogP contribution >= 0.6 is 11.3 Å². The first-order chi connectivity index (χ1) is 11.4. The Balaban J connectivity index is 2.00. The molecule has 1 N–H and O–H groups in total. The van der Waals surface area contributed by atoms with Crippen molar-refractivity contribution >= 4 is 17.2 Å². The normalized spacial score (nSPS) is 12.4. The summed E-state index contributed by atoms with van der Waals surface area (Å²) in [6.07, 6.45) is 1.01.